The first-order valence-electron chi connectivity index (χ1n) is 3.36. The Morgan fingerprint density at radius 3 is 2.58 bits per heavy atom. The predicted octanol–water partition coefficient (Wildman–Crippen LogP) is 1.43. The Hall–Kier alpha value is -0.930. The van der Waals surface area contributed by atoms with Crippen LogP contribution in [0.4, 0.5) is 5.69 Å². The molecule has 0 aromatic heterocycles. The van der Waals surface area contributed by atoms with Crippen molar-refractivity contribution in [1.82, 2.24) is 0 Å². The number of ether oxygens (including phenoxy) is 1. The molecule has 2 N–H and O–H groups in total. The molecule has 0 radical (unpaired) electrons. The van der Waals surface area contributed by atoms with Gasteiger partial charge in [0.25, 0.3) is 0 Å². The molecule has 0 aliphatic carbocycles. The van der Waals surface area contributed by atoms with Crippen LogP contribution >= 0.6 is 12.4 Å². The SMILES string of the molecule is COc1cccc(N(C)N)c1.Cl. The van der Waals surface area contributed by atoms with Crippen molar-refractivity contribution in [2.75, 3.05) is 19.2 Å². The second kappa shape index (κ2) is 4.85. The summed E-state index contributed by atoms with van der Waals surface area (Å²) < 4.78 is 5.02. The Balaban J connectivity index is 0.00000121. The molecule has 1 aromatic carbocycles. The number of hydrazine groups is 1. The largest absolute Gasteiger partial charge is 0.497 e. The lowest BCUT2D eigenvalue weighted by Crippen LogP contribution is -2.24. The molecule has 1 rings (SSSR count). The van der Waals surface area contributed by atoms with Gasteiger partial charge in [-0.15, -0.1) is 12.4 Å². The van der Waals surface area contributed by atoms with E-state index in [9.17, 15) is 0 Å². The van der Waals surface area contributed by atoms with Crippen LogP contribution in [0.3, 0.4) is 0 Å². The number of rotatable bonds is 2. The zero-order chi connectivity index (χ0) is 8.27. The molecule has 0 saturated carbocycles. The summed E-state index contributed by atoms with van der Waals surface area (Å²) in [6.45, 7) is 0. The van der Waals surface area contributed by atoms with Gasteiger partial charge >= 0.3 is 0 Å². The number of methoxy groups -OCH3 is 1. The van der Waals surface area contributed by atoms with Gasteiger partial charge in [0, 0.05) is 13.1 Å². The summed E-state index contributed by atoms with van der Waals surface area (Å²) in [4.78, 5) is 0. The quantitative estimate of drug-likeness (QED) is 0.564. The Bertz CT molecular complexity index is 240. The zero-order valence-corrected chi connectivity index (χ0v) is 7.97. The van der Waals surface area contributed by atoms with Crippen molar-refractivity contribution in [2.24, 2.45) is 5.84 Å². The molecule has 0 aliphatic heterocycles. The predicted molar refractivity (Wildman–Crippen MR) is 52.8 cm³/mol. The van der Waals surface area contributed by atoms with Gasteiger partial charge in [-0.3, -0.25) is 0 Å². The van der Waals surface area contributed by atoms with Crippen LogP contribution in [0.1, 0.15) is 0 Å². The van der Waals surface area contributed by atoms with E-state index >= 15 is 0 Å². The maximum absolute atomic E-state index is 5.52. The monoisotopic (exact) mass is 188 g/mol. The minimum Gasteiger partial charge on any atom is -0.497 e. The lowest BCUT2D eigenvalue weighted by atomic mass is 10.3. The van der Waals surface area contributed by atoms with Crippen molar-refractivity contribution < 1.29 is 4.74 Å². The lowest BCUT2D eigenvalue weighted by Gasteiger charge is -2.12. The highest BCUT2D eigenvalue weighted by molar-refractivity contribution is 5.85. The summed E-state index contributed by atoms with van der Waals surface area (Å²) in [6.07, 6.45) is 0. The van der Waals surface area contributed by atoms with Crippen molar-refractivity contribution in [3.63, 3.8) is 0 Å². The Kier molecular flexibility index (Phi) is 4.47. The maximum Gasteiger partial charge on any atom is 0.120 e. The van der Waals surface area contributed by atoms with Gasteiger partial charge in [0.05, 0.1) is 12.8 Å². The molecule has 0 heterocycles. The van der Waals surface area contributed by atoms with E-state index in [1.54, 1.807) is 19.2 Å². The Labute approximate surface area is 78.5 Å². The summed E-state index contributed by atoms with van der Waals surface area (Å²) in [6, 6.07) is 7.58. The molecule has 1 aromatic rings. The van der Waals surface area contributed by atoms with E-state index in [1.165, 1.54) is 0 Å². The van der Waals surface area contributed by atoms with E-state index in [2.05, 4.69) is 0 Å². The average molecular weight is 189 g/mol. The second-order valence-electron chi connectivity index (χ2n) is 2.31. The summed E-state index contributed by atoms with van der Waals surface area (Å²) in [5, 5.41) is 1.54. The Morgan fingerprint density at radius 1 is 1.42 bits per heavy atom. The fourth-order valence-corrected chi connectivity index (χ4v) is 0.830. The van der Waals surface area contributed by atoms with Gasteiger partial charge in [-0.25, -0.2) is 5.84 Å². The van der Waals surface area contributed by atoms with Crippen molar-refractivity contribution in [1.29, 1.82) is 0 Å². The van der Waals surface area contributed by atoms with Gasteiger partial charge in [0.1, 0.15) is 5.75 Å². The molecule has 0 atom stereocenters. The summed E-state index contributed by atoms with van der Waals surface area (Å²) in [5.74, 6) is 6.33. The van der Waals surface area contributed by atoms with Gasteiger partial charge in [0.2, 0.25) is 0 Å². The molecule has 0 unspecified atom stereocenters. The third-order valence-corrected chi connectivity index (χ3v) is 1.46. The topological polar surface area (TPSA) is 38.5 Å². The van der Waals surface area contributed by atoms with Gasteiger partial charge in [-0.1, -0.05) is 6.07 Å². The highest BCUT2D eigenvalue weighted by atomic mass is 35.5. The van der Waals surface area contributed by atoms with E-state index < -0.39 is 0 Å². The van der Waals surface area contributed by atoms with E-state index in [-0.39, 0.29) is 12.4 Å². The first kappa shape index (κ1) is 11.1. The van der Waals surface area contributed by atoms with Gasteiger partial charge in [0.15, 0.2) is 0 Å². The smallest absolute Gasteiger partial charge is 0.120 e. The third-order valence-electron chi connectivity index (χ3n) is 1.46. The third kappa shape index (κ3) is 2.60. The molecular weight excluding hydrogens is 176 g/mol. The first-order chi connectivity index (χ1) is 5.24. The van der Waals surface area contributed by atoms with Crippen LogP contribution in [0.5, 0.6) is 5.75 Å². The van der Waals surface area contributed by atoms with Crippen LogP contribution in [-0.4, -0.2) is 14.2 Å². The van der Waals surface area contributed by atoms with Crippen molar-refractivity contribution in [2.45, 2.75) is 0 Å². The fourth-order valence-electron chi connectivity index (χ4n) is 0.830. The number of benzene rings is 1. The molecule has 68 valence electrons. The van der Waals surface area contributed by atoms with E-state index in [0.29, 0.717) is 0 Å². The number of nitrogens with two attached hydrogens (primary N) is 1. The molecule has 12 heavy (non-hydrogen) atoms. The first-order valence-corrected chi connectivity index (χ1v) is 3.36. The molecule has 3 nitrogen and oxygen atoms in total. The minimum absolute atomic E-state index is 0. The molecule has 0 spiro atoms. The molecule has 0 amide bonds. The zero-order valence-electron chi connectivity index (χ0n) is 7.15. The van der Waals surface area contributed by atoms with E-state index in [4.69, 9.17) is 10.6 Å². The van der Waals surface area contributed by atoms with E-state index in [0.717, 1.165) is 11.4 Å². The molecule has 0 saturated heterocycles. The number of hydrogen-bond acceptors (Lipinski definition) is 3. The van der Waals surface area contributed by atoms with Crippen LogP contribution in [0.2, 0.25) is 0 Å². The lowest BCUT2D eigenvalue weighted by molar-refractivity contribution is 0.415. The molecular formula is C8H13ClN2O. The number of anilines is 1. The minimum atomic E-state index is 0. The van der Waals surface area contributed by atoms with Gasteiger partial charge in [-0.2, -0.15) is 0 Å². The fraction of sp³-hybridized carbons (Fsp3) is 0.250. The van der Waals surface area contributed by atoms with Crippen LogP contribution in [0, 0.1) is 0 Å². The molecule has 0 aliphatic rings. The van der Waals surface area contributed by atoms with Crippen LogP contribution in [-0.2, 0) is 0 Å². The highest BCUT2D eigenvalue weighted by Gasteiger charge is 1.95. The number of hydrogen-bond donors (Lipinski definition) is 1. The average Bonchev–Trinajstić information content (AvgIpc) is 2.05. The van der Waals surface area contributed by atoms with Crippen molar-refractivity contribution in [3.8, 4) is 5.75 Å². The maximum atomic E-state index is 5.52. The van der Waals surface area contributed by atoms with Crippen LogP contribution in [0.15, 0.2) is 24.3 Å². The van der Waals surface area contributed by atoms with Gasteiger partial charge < -0.3 is 9.75 Å². The summed E-state index contributed by atoms with van der Waals surface area (Å²) >= 11 is 0. The van der Waals surface area contributed by atoms with Crippen LogP contribution < -0.4 is 15.6 Å². The molecule has 4 heteroatoms. The molecule has 0 bridgehead atoms. The van der Waals surface area contributed by atoms with Gasteiger partial charge in [-0.05, 0) is 12.1 Å². The van der Waals surface area contributed by atoms with Crippen LogP contribution in [0.25, 0.3) is 0 Å². The Morgan fingerprint density at radius 2 is 2.08 bits per heavy atom. The van der Waals surface area contributed by atoms with E-state index in [1.807, 2.05) is 24.3 Å². The number of halogens is 1. The van der Waals surface area contributed by atoms with Crippen molar-refractivity contribution in [3.05, 3.63) is 24.3 Å². The molecule has 0 fully saturated rings. The standard InChI is InChI=1S/C8H12N2O.ClH/c1-10(9)7-4-3-5-8(6-7)11-2;/h3-6H,9H2,1-2H3;1H. The van der Waals surface area contributed by atoms with Crippen molar-refractivity contribution >= 4 is 18.1 Å². The summed E-state index contributed by atoms with van der Waals surface area (Å²) in [7, 11) is 3.42. The number of nitrogens with zero attached hydrogens (tertiary/aromatic N) is 1. The summed E-state index contributed by atoms with van der Waals surface area (Å²) in [5.41, 5.74) is 0.935. The highest BCUT2D eigenvalue weighted by Crippen LogP contribution is 2.17. The normalized spacial score (nSPS) is 8.58. The second-order valence-corrected chi connectivity index (χ2v) is 2.31.